The molecule has 0 heterocycles. The zero-order valence-corrected chi connectivity index (χ0v) is 32.5. The highest BCUT2D eigenvalue weighted by molar-refractivity contribution is 6.22. The van der Waals surface area contributed by atoms with E-state index in [0.717, 1.165) is 17.1 Å². The Bertz CT molecular complexity index is 2990. The lowest BCUT2D eigenvalue weighted by Crippen LogP contribution is -2.09. The number of benzene rings is 10. The van der Waals surface area contributed by atoms with Gasteiger partial charge in [0.2, 0.25) is 0 Å². The molecule has 0 atom stereocenters. The van der Waals surface area contributed by atoms with Gasteiger partial charge < -0.3 is 4.90 Å². The zero-order valence-electron chi connectivity index (χ0n) is 32.5. The molecule has 0 radical (unpaired) electrons. The Labute approximate surface area is 345 Å². The lowest BCUT2D eigenvalue weighted by Gasteiger charge is -2.26. The maximum atomic E-state index is 2.44. The Morgan fingerprint density at radius 3 is 1.05 bits per heavy atom. The molecule has 10 aromatic carbocycles. The highest BCUT2D eigenvalue weighted by atomic mass is 15.1. The van der Waals surface area contributed by atoms with Gasteiger partial charge in [0.25, 0.3) is 0 Å². The fourth-order valence-electron chi connectivity index (χ4n) is 9.07. The first-order chi connectivity index (χ1) is 29.3. The van der Waals surface area contributed by atoms with Crippen LogP contribution in [0.1, 0.15) is 0 Å². The van der Waals surface area contributed by atoms with Crippen LogP contribution in [0.25, 0.3) is 88.7 Å². The maximum Gasteiger partial charge on any atom is 0.0462 e. The molecule has 10 aromatic rings. The van der Waals surface area contributed by atoms with Crippen LogP contribution in [0.2, 0.25) is 0 Å². The summed E-state index contributed by atoms with van der Waals surface area (Å²) in [5, 5.41) is 2.60. The first kappa shape index (κ1) is 34.5. The van der Waals surface area contributed by atoms with Gasteiger partial charge in [-0.05, 0) is 131 Å². The second-order valence-electron chi connectivity index (χ2n) is 15.2. The number of anilines is 3. The molecule has 0 spiro atoms. The van der Waals surface area contributed by atoms with Crippen LogP contribution in [0.5, 0.6) is 0 Å². The summed E-state index contributed by atoms with van der Waals surface area (Å²) in [6, 6.07) is 86.0. The fourth-order valence-corrected chi connectivity index (χ4v) is 9.07. The zero-order chi connectivity index (χ0) is 39.1. The third kappa shape index (κ3) is 6.12. The Hall–Kier alpha value is -7.74. The lowest BCUT2D eigenvalue weighted by molar-refractivity contribution is 1.28. The molecule has 0 aromatic heterocycles. The van der Waals surface area contributed by atoms with Crippen LogP contribution in [-0.4, -0.2) is 0 Å². The molecule has 1 aliphatic rings. The number of rotatable bonds is 8. The lowest BCUT2D eigenvalue weighted by atomic mass is 9.82. The highest BCUT2D eigenvalue weighted by Crippen LogP contribution is 2.57. The Kier molecular flexibility index (Phi) is 8.56. The predicted molar refractivity (Wildman–Crippen MR) is 250 cm³/mol. The molecule has 0 amide bonds. The third-order valence-corrected chi connectivity index (χ3v) is 11.8. The number of nitrogens with zero attached hydrogens (tertiary/aromatic N) is 1. The summed E-state index contributed by atoms with van der Waals surface area (Å²) in [4.78, 5) is 2.36. The Balaban J connectivity index is 1.09. The summed E-state index contributed by atoms with van der Waals surface area (Å²) in [5.74, 6) is 0. The summed E-state index contributed by atoms with van der Waals surface area (Å²) < 4.78 is 0. The number of hydrogen-bond donors (Lipinski definition) is 0. The Morgan fingerprint density at radius 2 is 0.576 bits per heavy atom. The van der Waals surface area contributed by atoms with E-state index in [1.165, 1.54) is 88.7 Å². The fraction of sp³-hybridized carbons (Fsp3) is 0. The van der Waals surface area contributed by atoms with E-state index in [1.54, 1.807) is 0 Å². The van der Waals surface area contributed by atoms with E-state index in [9.17, 15) is 0 Å². The maximum absolute atomic E-state index is 2.44. The van der Waals surface area contributed by atoms with Gasteiger partial charge in [-0.15, -0.1) is 0 Å². The second kappa shape index (κ2) is 14.6. The van der Waals surface area contributed by atoms with E-state index in [2.05, 4.69) is 241 Å². The quantitative estimate of drug-likeness (QED) is 0.150. The van der Waals surface area contributed by atoms with Gasteiger partial charge in [0.15, 0.2) is 0 Å². The average molecular weight is 750 g/mol. The van der Waals surface area contributed by atoms with Crippen molar-refractivity contribution in [3.63, 3.8) is 0 Å². The minimum absolute atomic E-state index is 1.09. The largest absolute Gasteiger partial charge is 0.311 e. The van der Waals surface area contributed by atoms with Crippen molar-refractivity contribution in [1.29, 1.82) is 0 Å². The molecule has 0 aliphatic heterocycles. The van der Waals surface area contributed by atoms with Crippen molar-refractivity contribution in [2.45, 2.75) is 0 Å². The topological polar surface area (TPSA) is 3.24 Å². The van der Waals surface area contributed by atoms with E-state index in [4.69, 9.17) is 0 Å². The molecule has 0 unspecified atom stereocenters. The van der Waals surface area contributed by atoms with E-state index in [-0.39, 0.29) is 0 Å². The summed E-state index contributed by atoms with van der Waals surface area (Å²) in [5.41, 5.74) is 20.7. The minimum atomic E-state index is 1.09. The summed E-state index contributed by atoms with van der Waals surface area (Å²) in [7, 11) is 0. The molecule has 0 bridgehead atoms. The van der Waals surface area contributed by atoms with E-state index in [0.29, 0.717) is 0 Å². The van der Waals surface area contributed by atoms with Crippen LogP contribution in [0.15, 0.2) is 237 Å². The van der Waals surface area contributed by atoms with Crippen LogP contribution in [0.3, 0.4) is 0 Å². The van der Waals surface area contributed by atoms with Gasteiger partial charge in [-0.3, -0.25) is 0 Å². The van der Waals surface area contributed by atoms with E-state index < -0.39 is 0 Å². The highest BCUT2D eigenvalue weighted by Gasteiger charge is 2.30. The number of fused-ring (bicyclic) bond motifs is 3. The van der Waals surface area contributed by atoms with Gasteiger partial charge in [0.1, 0.15) is 0 Å². The van der Waals surface area contributed by atoms with Crippen molar-refractivity contribution in [3.8, 4) is 77.9 Å². The Morgan fingerprint density at radius 1 is 0.220 bits per heavy atom. The minimum Gasteiger partial charge on any atom is -0.311 e. The molecule has 0 N–H and O–H groups in total. The van der Waals surface area contributed by atoms with Gasteiger partial charge in [-0.25, -0.2) is 0 Å². The van der Waals surface area contributed by atoms with E-state index >= 15 is 0 Å². The van der Waals surface area contributed by atoms with Crippen molar-refractivity contribution in [2.75, 3.05) is 4.90 Å². The molecule has 11 rings (SSSR count). The van der Waals surface area contributed by atoms with Crippen LogP contribution < -0.4 is 4.90 Å². The predicted octanol–water partition coefficient (Wildman–Crippen LogP) is 16.3. The molecule has 1 nitrogen and oxygen atoms in total. The van der Waals surface area contributed by atoms with Crippen molar-refractivity contribution in [3.05, 3.63) is 237 Å². The molecule has 1 heteroatoms. The molecule has 0 fully saturated rings. The molecular formula is C58H39N. The van der Waals surface area contributed by atoms with E-state index in [1.807, 2.05) is 0 Å². The van der Waals surface area contributed by atoms with Crippen LogP contribution >= 0.6 is 0 Å². The van der Waals surface area contributed by atoms with Gasteiger partial charge in [-0.1, -0.05) is 194 Å². The van der Waals surface area contributed by atoms with Crippen LogP contribution in [0, 0.1) is 0 Å². The van der Waals surface area contributed by atoms with Crippen molar-refractivity contribution < 1.29 is 0 Å². The van der Waals surface area contributed by atoms with Gasteiger partial charge in [-0.2, -0.15) is 0 Å². The summed E-state index contributed by atoms with van der Waals surface area (Å²) in [6.07, 6.45) is 0. The molecular weight excluding hydrogens is 711 g/mol. The smallest absolute Gasteiger partial charge is 0.0462 e. The summed E-state index contributed by atoms with van der Waals surface area (Å²) in [6.45, 7) is 0. The van der Waals surface area contributed by atoms with Crippen LogP contribution in [0.4, 0.5) is 17.1 Å². The molecule has 59 heavy (non-hydrogen) atoms. The summed E-state index contributed by atoms with van der Waals surface area (Å²) >= 11 is 0. The molecule has 1 aliphatic carbocycles. The first-order valence-corrected chi connectivity index (χ1v) is 20.3. The van der Waals surface area contributed by atoms with Crippen molar-refractivity contribution >= 4 is 27.8 Å². The van der Waals surface area contributed by atoms with Gasteiger partial charge in [0, 0.05) is 17.1 Å². The molecule has 0 saturated heterocycles. The third-order valence-electron chi connectivity index (χ3n) is 11.8. The van der Waals surface area contributed by atoms with Gasteiger partial charge >= 0.3 is 0 Å². The van der Waals surface area contributed by atoms with Crippen molar-refractivity contribution in [1.82, 2.24) is 0 Å². The monoisotopic (exact) mass is 749 g/mol. The number of hydrogen-bond acceptors (Lipinski definition) is 1. The normalized spacial score (nSPS) is 11.4. The molecule has 0 saturated carbocycles. The average Bonchev–Trinajstić information content (AvgIpc) is 3.66. The molecule has 276 valence electrons. The van der Waals surface area contributed by atoms with Crippen molar-refractivity contribution in [2.24, 2.45) is 0 Å². The SMILES string of the molecule is c1ccc(-c2ccc(N(c3ccc(-c4ccccc4)cc3)c3ccc(-c4cc(-c5ccccc5)c5c(c4-c4ccccc4)-c4cccc6cccc-5c46)cc3)cc2)cc1. The van der Waals surface area contributed by atoms with Crippen LogP contribution in [-0.2, 0) is 0 Å². The second-order valence-corrected chi connectivity index (χ2v) is 15.2. The van der Waals surface area contributed by atoms with Gasteiger partial charge in [0.05, 0.1) is 0 Å². The first-order valence-electron chi connectivity index (χ1n) is 20.3. The standard InChI is InChI=1S/C58H39N/c1-5-15-40(16-6-1)42-27-33-48(34-28-42)59(49-35-29-43(30-36-49)41-17-7-2-8-18-41)50-37-31-45(32-38-50)53-39-54(44-19-9-3-10-20-44)57-51-25-13-23-46-24-14-26-52(55(46)51)58(57)56(53)47-21-11-4-12-22-47/h1-39H.